The number of carbonyl (C=O) groups excluding carboxylic acids is 1. The third kappa shape index (κ3) is 4.26. The average Bonchev–Trinajstić information content (AvgIpc) is 3.20. The van der Waals surface area contributed by atoms with E-state index in [2.05, 4.69) is 81.9 Å². The molecule has 0 radical (unpaired) electrons. The number of rotatable bonds is 5. The van der Waals surface area contributed by atoms with Crippen molar-refractivity contribution in [2.24, 2.45) is 0 Å². The summed E-state index contributed by atoms with van der Waals surface area (Å²) in [4.78, 5) is 19.1. The van der Waals surface area contributed by atoms with Crippen molar-refractivity contribution in [3.05, 3.63) is 71.4 Å². The summed E-state index contributed by atoms with van der Waals surface area (Å²) in [6.45, 7) is 0.738. The lowest BCUT2D eigenvalue weighted by Crippen LogP contribution is -2.48. The van der Waals surface area contributed by atoms with Crippen LogP contribution in [-0.4, -0.2) is 45.1 Å². The molecular formula is C25H28N2O2S2. The molecule has 2 aliphatic heterocycles. The topological polar surface area (TPSA) is 45.3 Å². The second-order valence-electron chi connectivity index (χ2n) is 8.24. The van der Waals surface area contributed by atoms with Crippen LogP contribution in [0.3, 0.4) is 0 Å². The highest BCUT2D eigenvalue weighted by Gasteiger charge is 2.41. The minimum Gasteiger partial charge on any atom is -0.468 e. The van der Waals surface area contributed by atoms with Gasteiger partial charge in [0.1, 0.15) is 6.04 Å². The Bertz CT molecular complexity index is 1050. The number of hydrogen-bond donors (Lipinski definition) is 1. The number of nitrogens with zero attached hydrogens (tertiary/aromatic N) is 1. The van der Waals surface area contributed by atoms with E-state index in [4.69, 9.17) is 4.74 Å². The van der Waals surface area contributed by atoms with Crippen molar-refractivity contribution in [3.8, 4) is 0 Å². The normalized spacial score (nSPS) is 22.4. The molecule has 31 heavy (non-hydrogen) atoms. The molecular weight excluding hydrogens is 424 g/mol. The smallest absolute Gasteiger partial charge is 0.323 e. The summed E-state index contributed by atoms with van der Waals surface area (Å²) in [7, 11) is 1.51. The highest BCUT2D eigenvalue weighted by atomic mass is 32.2. The van der Waals surface area contributed by atoms with Crippen molar-refractivity contribution in [1.82, 2.24) is 9.88 Å². The molecule has 162 valence electrons. The summed E-state index contributed by atoms with van der Waals surface area (Å²) >= 11 is 4.14. The predicted molar refractivity (Wildman–Crippen MR) is 130 cm³/mol. The maximum absolute atomic E-state index is 13.0. The summed E-state index contributed by atoms with van der Waals surface area (Å²) in [5.74, 6) is 2.31. The van der Waals surface area contributed by atoms with Gasteiger partial charge in [-0.05, 0) is 41.5 Å². The standard InChI is InChI=1S/C25H28N2O2S2/c1-29-25(28)22-14-19-18-10-5-6-11-20(18)26-24(19)21(15-23-30-12-7-13-31-23)27(22)16-17-8-3-2-4-9-17/h2-6,8-11,21-23,26H,7,12-16H2,1H3/t21-,22+/m1/s1. The van der Waals surface area contributed by atoms with Crippen LogP contribution in [0.4, 0.5) is 0 Å². The molecule has 3 aromatic rings. The fourth-order valence-electron chi connectivity index (χ4n) is 4.90. The van der Waals surface area contributed by atoms with Crippen LogP contribution >= 0.6 is 23.5 Å². The van der Waals surface area contributed by atoms with Gasteiger partial charge in [-0.25, -0.2) is 0 Å². The lowest BCUT2D eigenvalue weighted by atomic mass is 9.89. The number of H-pyrrole nitrogens is 1. The number of carbonyl (C=O) groups is 1. The van der Waals surface area contributed by atoms with Crippen molar-refractivity contribution in [2.75, 3.05) is 18.6 Å². The highest BCUT2D eigenvalue weighted by molar-refractivity contribution is 8.17. The van der Waals surface area contributed by atoms with Gasteiger partial charge in [-0.2, -0.15) is 0 Å². The monoisotopic (exact) mass is 452 g/mol. The molecule has 0 spiro atoms. The average molecular weight is 453 g/mol. The third-order valence-electron chi connectivity index (χ3n) is 6.37. The van der Waals surface area contributed by atoms with Gasteiger partial charge in [0.25, 0.3) is 0 Å². The van der Waals surface area contributed by atoms with E-state index in [0.717, 1.165) is 18.5 Å². The second-order valence-corrected chi connectivity index (χ2v) is 11.2. The summed E-state index contributed by atoms with van der Waals surface area (Å²) in [5.41, 5.74) is 4.95. The molecule has 1 fully saturated rings. The lowest BCUT2D eigenvalue weighted by Gasteiger charge is -2.42. The van der Waals surface area contributed by atoms with Gasteiger partial charge >= 0.3 is 5.97 Å². The Morgan fingerprint density at radius 1 is 1.10 bits per heavy atom. The Morgan fingerprint density at radius 2 is 1.84 bits per heavy atom. The van der Waals surface area contributed by atoms with Gasteiger partial charge in [-0.1, -0.05) is 48.5 Å². The van der Waals surface area contributed by atoms with Crippen LogP contribution < -0.4 is 0 Å². The lowest BCUT2D eigenvalue weighted by molar-refractivity contribution is -0.149. The SMILES string of the molecule is COC(=O)[C@@H]1Cc2c([nH]c3ccccc23)[C@@H](CC2SCCCS2)N1Cc1ccccc1. The van der Waals surface area contributed by atoms with Crippen molar-refractivity contribution < 1.29 is 9.53 Å². The van der Waals surface area contributed by atoms with Crippen LogP contribution in [0, 0.1) is 0 Å². The van der Waals surface area contributed by atoms with E-state index in [1.54, 1.807) is 0 Å². The fourth-order valence-corrected chi connectivity index (χ4v) is 7.83. The number of esters is 1. The van der Waals surface area contributed by atoms with Gasteiger partial charge < -0.3 is 9.72 Å². The second kappa shape index (κ2) is 9.31. The zero-order valence-electron chi connectivity index (χ0n) is 17.8. The number of methoxy groups -OCH3 is 1. The van der Waals surface area contributed by atoms with Crippen molar-refractivity contribution in [1.29, 1.82) is 0 Å². The van der Waals surface area contributed by atoms with Gasteiger partial charge in [-0.15, -0.1) is 23.5 Å². The van der Waals surface area contributed by atoms with Crippen molar-refractivity contribution in [3.63, 3.8) is 0 Å². The molecule has 0 amide bonds. The number of nitrogens with one attached hydrogen (secondary N) is 1. The first-order valence-corrected chi connectivity index (χ1v) is 13.0. The quantitative estimate of drug-likeness (QED) is 0.526. The Kier molecular flexibility index (Phi) is 6.30. The zero-order chi connectivity index (χ0) is 21.2. The number of aromatic nitrogens is 1. The van der Waals surface area contributed by atoms with Gasteiger partial charge in [0.05, 0.1) is 17.7 Å². The first kappa shape index (κ1) is 21.0. The molecule has 1 saturated heterocycles. The van der Waals surface area contributed by atoms with E-state index in [1.807, 2.05) is 6.07 Å². The first-order valence-electron chi connectivity index (χ1n) is 10.9. The molecule has 1 N–H and O–H groups in total. The van der Waals surface area contributed by atoms with Crippen molar-refractivity contribution in [2.45, 2.75) is 42.5 Å². The highest BCUT2D eigenvalue weighted by Crippen LogP contribution is 2.45. The van der Waals surface area contributed by atoms with Gasteiger partial charge in [0.15, 0.2) is 0 Å². The van der Waals surface area contributed by atoms with Gasteiger partial charge in [0, 0.05) is 29.6 Å². The van der Waals surface area contributed by atoms with Crippen LogP contribution in [0.2, 0.25) is 0 Å². The Hall–Kier alpha value is -1.89. The Morgan fingerprint density at radius 3 is 2.61 bits per heavy atom. The molecule has 3 heterocycles. The number of benzene rings is 2. The molecule has 0 bridgehead atoms. The van der Waals surface area contributed by atoms with E-state index in [9.17, 15) is 4.79 Å². The summed E-state index contributed by atoms with van der Waals surface area (Å²) in [6, 6.07) is 18.8. The molecule has 1 aromatic heterocycles. The first-order chi connectivity index (χ1) is 15.2. The van der Waals surface area contributed by atoms with Crippen LogP contribution in [-0.2, 0) is 22.5 Å². The maximum atomic E-state index is 13.0. The molecule has 0 saturated carbocycles. The Labute approximate surface area is 192 Å². The largest absolute Gasteiger partial charge is 0.468 e. The number of aromatic amines is 1. The predicted octanol–water partition coefficient (Wildman–Crippen LogP) is 5.40. The number of fused-ring (bicyclic) bond motifs is 3. The molecule has 6 heteroatoms. The minimum atomic E-state index is -0.277. The van der Waals surface area contributed by atoms with E-state index < -0.39 is 0 Å². The van der Waals surface area contributed by atoms with E-state index in [-0.39, 0.29) is 18.1 Å². The van der Waals surface area contributed by atoms with E-state index in [1.165, 1.54) is 47.2 Å². The molecule has 4 nitrogen and oxygen atoms in total. The molecule has 2 aliphatic rings. The molecule has 0 aliphatic carbocycles. The Balaban J connectivity index is 1.59. The zero-order valence-corrected chi connectivity index (χ0v) is 19.4. The van der Waals surface area contributed by atoms with Crippen LogP contribution in [0.25, 0.3) is 10.9 Å². The van der Waals surface area contributed by atoms with E-state index >= 15 is 0 Å². The third-order valence-corrected chi connectivity index (χ3v) is 9.36. The fraction of sp³-hybridized carbons (Fsp3) is 0.400. The molecule has 0 unspecified atom stereocenters. The van der Waals surface area contributed by atoms with Gasteiger partial charge in [0.2, 0.25) is 0 Å². The molecule has 5 rings (SSSR count). The van der Waals surface area contributed by atoms with Crippen LogP contribution in [0.5, 0.6) is 0 Å². The maximum Gasteiger partial charge on any atom is 0.323 e. The number of thioether (sulfide) groups is 2. The molecule has 2 atom stereocenters. The van der Waals surface area contributed by atoms with Crippen LogP contribution in [0.15, 0.2) is 54.6 Å². The van der Waals surface area contributed by atoms with Crippen LogP contribution in [0.1, 0.15) is 35.7 Å². The number of ether oxygens (including phenoxy) is 1. The summed E-state index contributed by atoms with van der Waals surface area (Å²) < 4.78 is 5.85. The number of hydrogen-bond acceptors (Lipinski definition) is 5. The van der Waals surface area contributed by atoms with E-state index in [0.29, 0.717) is 11.0 Å². The van der Waals surface area contributed by atoms with Gasteiger partial charge in [-0.3, -0.25) is 9.69 Å². The summed E-state index contributed by atoms with van der Waals surface area (Å²) in [5, 5.41) is 1.24. The minimum absolute atomic E-state index is 0.138. The number of para-hydroxylation sites is 1. The summed E-state index contributed by atoms with van der Waals surface area (Å²) in [6.07, 6.45) is 2.99. The molecule has 2 aromatic carbocycles. The van der Waals surface area contributed by atoms with Crippen molar-refractivity contribution >= 4 is 40.4 Å².